The summed E-state index contributed by atoms with van der Waals surface area (Å²) in [5.41, 5.74) is 5.91. The van der Waals surface area contributed by atoms with Gasteiger partial charge in [0.1, 0.15) is 5.82 Å². The number of ether oxygens (including phenoxy) is 1. The average Bonchev–Trinajstić information content (AvgIpc) is 2.46. The van der Waals surface area contributed by atoms with Crippen molar-refractivity contribution >= 4 is 17.7 Å². The number of nitrogens with two attached hydrogens (primary N) is 1. The van der Waals surface area contributed by atoms with Crippen LogP contribution in [-0.2, 0) is 4.74 Å². The van der Waals surface area contributed by atoms with Gasteiger partial charge in [-0.1, -0.05) is 0 Å². The number of benzene rings is 1. The van der Waals surface area contributed by atoms with Gasteiger partial charge in [0.05, 0.1) is 19.8 Å². The van der Waals surface area contributed by atoms with Crippen LogP contribution in [-0.4, -0.2) is 49.5 Å². The summed E-state index contributed by atoms with van der Waals surface area (Å²) in [6, 6.07) is 6.48. The molecular formula is C13H18FN3OS. The summed E-state index contributed by atoms with van der Waals surface area (Å²) in [7, 11) is 0. The molecule has 0 aromatic heterocycles. The fraction of sp³-hybridized carbons (Fsp3) is 0.462. The highest BCUT2D eigenvalue weighted by Crippen LogP contribution is 2.17. The van der Waals surface area contributed by atoms with Gasteiger partial charge >= 0.3 is 0 Å². The van der Waals surface area contributed by atoms with Gasteiger partial charge in [0.25, 0.3) is 0 Å². The largest absolute Gasteiger partial charge is 0.378 e. The smallest absolute Gasteiger partial charge is 0.191 e. The molecule has 1 aliphatic heterocycles. The molecule has 1 heterocycles. The predicted octanol–water partition coefficient (Wildman–Crippen LogP) is 1.56. The number of guanidine groups is 1. The molecule has 0 saturated carbocycles. The zero-order chi connectivity index (χ0) is 13.5. The minimum Gasteiger partial charge on any atom is -0.378 e. The van der Waals surface area contributed by atoms with E-state index in [1.165, 1.54) is 12.1 Å². The van der Waals surface area contributed by atoms with Gasteiger partial charge in [0.2, 0.25) is 0 Å². The van der Waals surface area contributed by atoms with Gasteiger partial charge in [0.15, 0.2) is 5.96 Å². The molecule has 2 rings (SSSR count). The van der Waals surface area contributed by atoms with Crippen molar-refractivity contribution < 1.29 is 9.13 Å². The van der Waals surface area contributed by atoms with Crippen LogP contribution < -0.4 is 5.73 Å². The molecule has 1 aromatic rings. The molecule has 0 aliphatic carbocycles. The third kappa shape index (κ3) is 4.72. The van der Waals surface area contributed by atoms with E-state index in [-0.39, 0.29) is 5.82 Å². The Labute approximate surface area is 116 Å². The maximum absolute atomic E-state index is 12.7. The topological polar surface area (TPSA) is 50.8 Å². The summed E-state index contributed by atoms with van der Waals surface area (Å²) >= 11 is 1.65. The van der Waals surface area contributed by atoms with E-state index in [2.05, 4.69) is 4.99 Å². The zero-order valence-electron chi connectivity index (χ0n) is 10.7. The van der Waals surface area contributed by atoms with E-state index in [0.29, 0.717) is 25.7 Å². The Morgan fingerprint density at radius 3 is 2.68 bits per heavy atom. The third-order valence-electron chi connectivity index (χ3n) is 2.78. The van der Waals surface area contributed by atoms with E-state index in [4.69, 9.17) is 10.5 Å². The van der Waals surface area contributed by atoms with Crippen LogP contribution in [0.4, 0.5) is 4.39 Å². The Morgan fingerprint density at radius 2 is 2.00 bits per heavy atom. The minimum absolute atomic E-state index is 0.209. The highest BCUT2D eigenvalue weighted by Gasteiger charge is 2.11. The molecule has 104 valence electrons. The number of hydrogen-bond donors (Lipinski definition) is 1. The second-order valence-corrected chi connectivity index (χ2v) is 5.31. The van der Waals surface area contributed by atoms with Crippen molar-refractivity contribution in [2.45, 2.75) is 4.90 Å². The lowest BCUT2D eigenvalue weighted by Gasteiger charge is -2.27. The van der Waals surface area contributed by atoms with Gasteiger partial charge in [-0.3, -0.25) is 4.99 Å². The average molecular weight is 283 g/mol. The molecule has 19 heavy (non-hydrogen) atoms. The molecule has 1 saturated heterocycles. The zero-order valence-corrected chi connectivity index (χ0v) is 11.5. The number of hydrogen-bond acceptors (Lipinski definition) is 3. The van der Waals surface area contributed by atoms with Crippen molar-refractivity contribution in [2.75, 3.05) is 38.6 Å². The summed E-state index contributed by atoms with van der Waals surface area (Å²) in [6.45, 7) is 3.69. The van der Waals surface area contributed by atoms with E-state index in [1.807, 2.05) is 4.90 Å². The molecule has 0 radical (unpaired) electrons. The molecule has 0 bridgehead atoms. The molecule has 1 fully saturated rings. The Bertz CT molecular complexity index is 418. The monoisotopic (exact) mass is 283 g/mol. The molecule has 1 aliphatic rings. The molecule has 4 nitrogen and oxygen atoms in total. The first-order valence-electron chi connectivity index (χ1n) is 6.27. The second kappa shape index (κ2) is 7.35. The van der Waals surface area contributed by atoms with E-state index < -0.39 is 0 Å². The van der Waals surface area contributed by atoms with Crippen molar-refractivity contribution in [1.29, 1.82) is 0 Å². The summed E-state index contributed by atoms with van der Waals surface area (Å²) in [4.78, 5) is 7.43. The summed E-state index contributed by atoms with van der Waals surface area (Å²) in [5.74, 6) is 1.21. The first-order chi connectivity index (χ1) is 9.25. The van der Waals surface area contributed by atoms with Crippen LogP contribution in [0.15, 0.2) is 34.2 Å². The Kier molecular flexibility index (Phi) is 5.47. The molecular weight excluding hydrogens is 265 g/mol. The van der Waals surface area contributed by atoms with Crippen molar-refractivity contribution in [3.05, 3.63) is 30.1 Å². The molecule has 0 spiro atoms. The van der Waals surface area contributed by atoms with E-state index in [9.17, 15) is 4.39 Å². The van der Waals surface area contributed by atoms with Crippen LogP contribution in [0.3, 0.4) is 0 Å². The number of morpholine rings is 1. The first-order valence-corrected chi connectivity index (χ1v) is 7.25. The lowest BCUT2D eigenvalue weighted by molar-refractivity contribution is 0.0674. The number of nitrogens with zero attached hydrogens (tertiary/aromatic N) is 2. The molecule has 0 amide bonds. The standard InChI is InChI=1S/C13H18FN3OS/c14-11-1-3-12(4-2-11)19-10-5-16-13(15)17-6-8-18-9-7-17/h1-4H,5-10H2,(H2,15,16). The van der Waals surface area contributed by atoms with Crippen molar-refractivity contribution in [2.24, 2.45) is 10.7 Å². The van der Waals surface area contributed by atoms with Crippen molar-refractivity contribution in [1.82, 2.24) is 4.90 Å². The summed E-state index contributed by atoms with van der Waals surface area (Å²) in [5, 5.41) is 0. The summed E-state index contributed by atoms with van der Waals surface area (Å²) in [6.07, 6.45) is 0. The highest BCUT2D eigenvalue weighted by molar-refractivity contribution is 7.99. The summed E-state index contributed by atoms with van der Waals surface area (Å²) < 4.78 is 18.0. The fourth-order valence-corrected chi connectivity index (χ4v) is 2.49. The van der Waals surface area contributed by atoms with Gasteiger partial charge < -0.3 is 15.4 Å². The Hall–Kier alpha value is -1.27. The molecule has 0 unspecified atom stereocenters. The van der Waals surface area contributed by atoms with E-state index >= 15 is 0 Å². The Balaban J connectivity index is 1.71. The van der Waals surface area contributed by atoms with Crippen LogP contribution in [0.2, 0.25) is 0 Å². The van der Waals surface area contributed by atoms with E-state index in [0.717, 1.165) is 23.7 Å². The van der Waals surface area contributed by atoms with Gasteiger partial charge in [-0.15, -0.1) is 11.8 Å². The number of halogens is 1. The van der Waals surface area contributed by atoms with Gasteiger partial charge in [-0.05, 0) is 24.3 Å². The Morgan fingerprint density at radius 1 is 1.32 bits per heavy atom. The lowest BCUT2D eigenvalue weighted by atomic mass is 10.4. The first kappa shape index (κ1) is 14.1. The van der Waals surface area contributed by atoms with Gasteiger partial charge in [-0.2, -0.15) is 0 Å². The van der Waals surface area contributed by atoms with Gasteiger partial charge in [-0.25, -0.2) is 4.39 Å². The van der Waals surface area contributed by atoms with Crippen LogP contribution >= 0.6 is 11.8 Å². The molecule has 1 aromatic carbocycles. The second-order valence-electron chi connectivity index (χ2n) is 4.14. The number of aliphatic imine (C=N–C) groups is 1. The van der Waals surface area contributed by atoms with Crippen LogP contribution in [0, 0.1) is 5.82 Å². The highest BCUT2D eigenvalue weighted by atomic mass is 32.2. The van der Waals surface area contributed by atoms with Crippen LogP contribution in [0.5, 0.6) is 0 Å². The number of thioether (sulfide) groups is 1. The maximum Gasteiger partial charge on any atom is 0.191 e. The van der Waals surface area contributed by atoms with E-state index in [1.54, 1.807) is 23.9 Å². The molecule has 0 atom stereocenters. The maximum atomic E-state index is 12.7. The SMILES string of the molecule is NC(=NCCSc1ccc(F)cc1)N1CCOCC1. The van der Waals surface area contributed by atoms with Crippen molar-refractivity contribution in [3.63, 3.8) is 0 Å². The molecule has 6 heteroatoms. The minimum atomic E-state index is -0.209. The van der Waals surface area contributed by atoms with Crippen LogP contribution in [0.25, 0.3) is 0 Å². The normalized spacial score (nSPS) is 16.7. The van der Waals surface area contributed by atoms with Crippen molar-refractivity contribution in [3.8, 4) is 0 Å². The lowest BCUT2D eigenvalue weighted by Crippen LogP contribution is -2.44. The van der Waals surface area contributed by atoms with Gasteiger partial charge in [0, 0.05) is 23.7 Å². The number of rotatable bonds is 4. The molecule has 2 N–H and O–H groups in total. The van der Waals surface area contributed by atoms with Crippen LogP contribution in [0.1, 0.15) is 0 Å². The quantitative estimate of drug-likeness (QED) is 0.394. The fourth-order valence-electron chi connectivity index (χ4n) is 1.75. The third-order valence-corrected chi connectivity index (χ3v) is 3.77. The predicted molar refractivity (Wildman–Crippen MR) is 76.0 cm³/mol.